The number of carbonyl (C=O) groups is 3. The van der Waals surface area contributed by atoms with Crippen LogP contribution in [0, 0.1) is 0 Å². The first kappa shape index (κ1) is 23.8. The molecule has 10 heteroatoms. The van der Waals surface area contributed by atoms with E-state index in [9.17, 15) is 19.5 Å². The van der Waals surface area contributed by atoms with Crippen molar-refractivity contribution in [2.45, 2.75) is 17.4 Å². The third-order valence-corrected chi connectivity index (χ3v) is 6.50. The molecule has 0 fully saturated rings. The molecule has 0 aliphatic rings. The molecule has 2 aromatic carbocycles. The third kappa shape index (κ3) is 6.59. The van der Waals surface area contributed by atoms with E-state index in [0.717, 1.165) is 17.3 Å². The molecule has 7 nitrogen and oxygen atoms in total. The average molecular weight is 488 g/mol. The second-order valence-electron chi connectivity index (χ2n) is 6.57. The van der Waals surface area contributed by atoms with E-state index in [0.29, 0.717) is 33.3 Å². The van der Waals surface area contributed by atoms with Crippen LogP contribution in [-0.4, -0.2) is 45.3 Å². The molecular weight excluding hydrogens is 466 g/mol. The second kappa shape index (κ2) is 11.7. The van der Waals surface area contributed by atoms with E-state index < -0.39 is 17.9 Å². The van der Waals surface area contributed by atoms with Crippen LogP contribution in [0.2, 0.25) is 0 Å². The van der Waals surface area contributed by atoms with Crippen molar-refractivity contribution >= 4 is 57.1 Å². The molecule has 3 rings (SSSR count). The van der Waals surface area contributed by atoms with E-state index in [-0.39, 0.29) is 5.24 Å². The fraction of sp³-hybridized carbons (Fsp3) is 0.182. The minimum atomic E-state index is -1.07. The molecule has 0 spiro atoms. The number of thiazole rings is 1. The van der Waals surface area contributed by atoms with Crippen LogP contribution in [0.15, 0.2) is 65.0 Å². The maximum absolute atomic E-state index is 13.0. The number of carboxylic acid groups (broad SMARTS) is 1. The highest BCUT2D eigenvalue weighted by atomic mass is 32.2. The van der Waals surface area contributed by atoms with Crippen LogP contribution in [0.4, 0.5) is 9.93 Å². The van der Waals surface area contributed by atoms with E-state index in [1.54, 1.807) is 29.8 Å². The summed E-state index contributed by atoms with van der Waals surface area (Å²) in [6, 6.07) is 13.4. The average Bonchev–Trinajstić information content (AvgIpc) is 3.29. The number of carboxylic acids is 1. The highest BCUT2D eigenvalue weighted by Crippen LogP contribution is 2.30. The van der Waals surface area contributed by atoms with Gasteiger partial charge in [-0.25, -0.2) is 9.78 Å². The standard InChI is InChI=1S/C22H21N3O4S3/c1-30-11-9-18(20(27)28)24-19(26)16-8-7-15(13-17(16)14-5-3-2-4-6-14)32-22(29)25-21-23-10-12-31-21/h2-8,10,12-13,18H,9,11H2,1H3,(H,24,26)(H,27,28)(H,23,25,29)/t18-/m0/s1. The summed E-state index contributed by atoms with van der Waals surface area (Å²) >= 11 is 3.83. The van der Waals surface area contributed by atoms with Crippen molar-refractivity contribution in [3.63, 3.8) is 0 Å². The first-order chi connectivity index (χ1) is 15.5. The molecule has 32 heavy (non-hydrogen) atoms. The molecule has 0 bridgehead atoms. The molecule has 3 aromatic rings. The van der Waals surface area contributed by atoms with Crippen molar-refractivity contribution in [1.29, 1.82) is 0 Å². The van der Waals surface area contributed by atoms with Gasteiger partial charge in [-0.1, -0.05) is 30.3 Å². The van der Waals surface area contributed by atoms with Crippen molar-refractivity contribution in [2.24, 2.45) is 0 Å². The Kier molecular flexibility index (Phi) is 8.72. The number of rotatable bonds is 9. The fourth-order valence-electron chi connectivity index (χ4n) is 2.88. The van der Waals surface area contributed by atoms with Crippen molar-refractivity contribution in [1.82, 2.24) is 10.3 Å². The number of thioether (sulfide) groups is 2. The molecule has 0 aliphatic heterocycles. The highest BCUT2D eigenvalue weighted by Gasteiger charge is 2.22. The van der Waals surface area contributed by atoms with Gasteiger partial charge in [0.25, 0.3) is 11.1 Å². The Hall–Kier alpha value is -2.82. The number of carbonyl (C=O) groups excluding carboxylic acids is 2. The monoisotopic (exact) mass is 487 g/mol. The molecule has 0 unspecified atom stereocenters. The largest absolute Gasteiger partial charge is 0.480 e. The normalized spacial score (nSPS) is 11.5. The van der Waals surface area contributed by atoms with Gasteiger partial charge in [-0.3, -0.25) is 14.9 Å². The number of hydrogen-bond acceptors (Lipinski definition) is 7. The van der Waals surface area contributed by atoms with E-state index in [2.05, 4.69) is 15.6 Å². The van der Waals surface area contributed by atoms with Crippen LogP contribution in [-0.2, 0) is 4.79 Å². The minimum absolute atomic E-state index is 0.292. The minimum Gasteiger partial charge on any atom is -0.480 e. The molecule has 0 saturated heterocycles. The van der Waals surface area contributed by atoms with Crippen LogP contribution in [0.25, 0.3) is 11.1 Å². The van der Waals surface area contributed by atoms with Gasteiger partial charge in [-0.05, 0) is 59.5 Å². The lowest BCUT2D eigenvalue weighted by Gasteiger charge is -2.16. The van der Waals surface area contributed by atoms with Gasteiger partial charge in [-0.15, -0.1) is 11.3 Å². The smallest absolute Gasteiger partial charge is 0.326 e. The van der Waals surface area contributed by atoms with Gasteiger partial charge in [0.1, 0.15) is 6.04 Å². The zero-order valence-electron chi connectivity index (χ0n) is 17.1. The van der Waals surface area contributed by atoms with E-state index in [1.165, 1.54) is 23.1 Å². The Balaban J connectivity index is 1.86. The molecule has 1 heterocycles. The van der Waals surface area contributed by atoms with Gasteiger partial charge in [0.15, 0.2) is 5.13 Å². The number of hydrogen-bond donors (Lipinski definition) is 3. The van der Waals surface area contributed by atoms with E-state index >= 15 is 0 Å². The van der Waals surface area contributed by atoms with Gasteiger partial charge in [0.2, 0.25) is 0 Å². The lowest BCUT2D eigenvalue weighted by Crippen LogP contribution is -2.41. The summed E-state index contributed by atoms with van der Waals surface area (Å²) in [6.07, 6.45) is 3.82. The summed E-state index contributed by atoms with van der Waals surface area (Å²) in [7, 11) is 0. The van der Waals surface area contributed by atoms with Crippen LogP contribution in [0.3, 0.4) is 0 Å². The van der Waals surface area contributed by atoms with Crippen LogP contribution in [0.1, 0.15) is 16.8 Å². The lowest BCUT2D eigenvalue weighted by molar-refractivity contribution is -0.139. The molecule has 3 N–H and O–H groups in total. The molecule has 0 saturated carbocycles. The van der Waals surface area contributed by atoms with Gasteiger partial charge in [0.05, 0.1) is 0 Å². The van der Waals surface area contributed by atoms with Crippen LogP contribution >= 0.6 is 34.9 Å². The summed E-state index contributed by atoms with van der Waals surface area (Å²) in [5, 5.41) is 16.8. The number of anilines is 1. The zero-order chi connectivity index (χ0) is 22.9. The number of benzene rings is 2. The topological polar surface area (TPSA) is 108 Å². The first-order valence-electron chi connectivity index (χ1n) is 9.58. The third-order valence-electron chi connectivity index (χ3n) is 4.39. The summed E-state index contributed by atoms with van der Waals surface area (Å²) in [4.78, 5) is 41.6. The number of amides is 2. The fourth-order valence-corrected chi connectivity index (χ4v) is 4.61. The van der Waals surface area contributed by atoms with E-state index in [1.807, 2.05) is 36.6 Å². The lowest BCUT2D eigenvalue weighted by atomic mass is 9.99. The Morgan fingerprint density at radius 3 is 2.59 bits per heavy atom. The number of nitrogens with one attached hydrogen (secondary N) is 2. The summed E-state index contributed by atoms with van der Waals surface area (Å²) in [5.74, 6) is -0.923. The van der Waals surface area contributed by atoms with Crippen molar-refractivity contribution in [2.75, 3.05) is 17.3 Å². The SMILES string of the molecule is CSCC[C@H](NC(=O)c1ccc(SC(=O)Nc2nccs2)cc1-c1ccccc1)C(=O)O. The Morgan fingerprint density at radius 2 is 1.94 bits per heavy atom. The summed E-state index contributed by atoms with van der Waals surface area (Å²) in [5.41, 5.74) is 1.75. The Morgan fingerprint density at radius 1 is 1.16 bits per heavy atom. The zero-order valence-corrected chi connectivity index (χ0v) is 19.6. The molecule has 1 atom stereocenters. The van der Waals surface area contributed by atoms with Crippen molar-refractivity contribution in [3.05, 3.63) is 65.7 Å². The second-order valence-corrected chi connectivity index (χ2v) is 9.50. The van der Waals surface area contributed by atoms with Crippen LogP contribution < -0.4 is 10.6 Å². The number of aromatic nitrogens is 1. The predicted octanol–water partition coefficient (Wildman–Crippen LogP) is 5.07. The van der Waals surface area contributed by atoms with Crippen molar-refractivity contribution < 1.29 is 19.5 Å². The molecule has 1 aromatic heterocycles. The molecule has 0 radical (unpaired) electrons. The number of aliphatic carboxylic acids is 1. The quantitative estimate of drug-likeness (QED) is 0.362. The van der Waals surface area contributed by atoms with Crippen molar-refractivity contribution in [3.8, 4) is 11.1 Å². The summed E-state index contributed by atoms with van der Waals surface area (Å²) < 4.78 is 0. The predicted molar refractivity (Wildman–Crippen MR) is 131 cm³/mol. The Bertz CT molecular complexity index is 1080. The van der Waals surface area contributed by atoms with E-state index in [4.69, 9.17) is 0 Å². The summed E-state index contributed by atoms with van der Waals surface area (Å²) in [6.45, 7) is 0. The Labute approximate surface area is 198 Å². The molecule has 2 amide bonds. The maximum atomic E-state index is 13.0. The number of nitrogens with zero attached hydrogens (tertiary/aromatic N) is 1. The van der Waals surface area contributed by atoms with Gasteiger partial charge < -0.3 is 10.4 Å². The van der Waals surface area contributed by atoms with Gasteiger partial charge in [0, 0.05) is 22.0 Å². The first-order valence-corrected chi connectivity index (χ1v) is 12.7. The molecule has 166 valence electrons. The molecule has 0 aliphatic carbocycles. The highest BCUT2D eigenvalue weighted by molar-refractivity contribution is 8.14. The van der Waals surface area contributed by atoms with Crippen LogP contribution in [0.5, 0.6) is 0 Å². The maximum Gasteiger partial charge on any atom is 0.326 e. The molecular formula is C22H21N3O4S3. The van der Waals surface area contributed by atoms with Gasteiger partial charge in [-0.2, -0.15) is 11.8 Å². The van der Waals surface area contributed by atoms with Gasteiger partial charge >= 0.3 is 5.97 Å².